The molecule has 3 rings (SSSR count). The van der Waals surface area contributed by atoms with Gasteiger partial charge in [-0.25, -0.2) is 9.67 Å². The molecule has 1 aromatic carbocycles. The highest BCUT2D eigenvalue weighted by molar-refractivity contribution is 5.34. The van der Waals surface area contributed by atoms with Crippen molar-refractivity contribution >= 4 is 0 Å². The monoisotopic (exact) mass is 287 g/mol. The van der Waals surface area contributed by atoms with E-state index in [9.17, 15) is 0 Å². The molecular formula is C16H21N3O2. The number of benzene rings is 1. The first-order valence-corrected chi connectivity index (χ1v) is 7.14. The van der Waals surface area contributed by atoms with Gasteiger partial charge in [0.15, 0.2) is 0 Å². The van der Waals surface area contributed by atoms with Gasteiger partial charge in [0.05, 0.1) is 19.8 Å². The fourth-order valence-electron chi connectivity index (χ4n) is 3.05. The van der Waals surface area contributed by atoms with Crippen LogP contribution in [-0.2, 0) is 16.9 Å². The standard InChI is InChI=1S/C16H21N3O2/c1-12-15(2,3)16(21-12,9-19-11-17-10-18-19)13-5-7-14(20-4)8-6-13/h5-8,10-12H,9H2,1-4H3. The van der Waals surface area contributed by atoms with Gasteiger partial charge in [0.2, 0.25) is 0 Å². The highest BCUT2D eigenvalue weighted by atomic mass is 16.5. The number of methoxy groups -OCH3 is 1. The summed E-state index contributed by atoms with van der Waals surface area (Å²) in [5.74, 6) is 0.847. The summed E-state index contributed by atoms with van der Waals surface area (Å²) in [5, 5.41) is 4.23. The highest BCUT2D eigenvalue weighted by Gasteiger charge is 2.61. The maximum atomic E-state index is 6.25. The molecule has 112 valence electrons. The topological polar surface area (TPSA) is 49.2 Å². The van der Waals surface area contributed by atoms with Crippen LogP contribution in [-0.4, -0.2) is 28.0 Å². The minimum Gasteiger partial charge on any atom is -0.497 e. The van der Waals surface area contributed by atoms with Crippen molar-refractivity contribution < 1.29 is 9.47 Å². The second-order valence-electron chi connectivity index (χ2n) is 6.13. The van der Waals surface area contributed by atoms with Crippen LogP contribution < -0.4 is 4.74 Å². The summed E-state index contributed by atoms with van der Waals surface area (Å²) in [7, 11) is 1.67. The van der Waals surface area contributed by atoms with Crippen LogP contribution in [0.2, 0.25) is 0 Å². The van der Waals surface area contributed by atoms with Crippen molar-refractivity contribution in [3.8, 4) is 5.75 Å². The second-order valence-corrected chi connectivity index (χ2v) is 6.13. The Bertz CT molecular complexity index is 607. The molecule has 0 bridgehead atoms. The Morgan fingerprint density at radius 2 is 2.00 bits per heavy atom. The van der Waals surface area contributed by atoms with Crippen molar-refractivity contribution in [2.45, 2.75) is 39.0 Å². The lowest BCUT2D eigenvalue weighted by molar-refractivity contribution is -0.316. The third-order valence-electron chi connectivity index (χ3n) is 4.84. The Kier molecular flexibility index (Phi) is 3.24. The van der Waals surface area contributed by atoms with E-state index in [1.54, 1.807) is 19.8 Å². The molecule has 0 amide bonds. The molecule has 2 heterocycles. The number of aromatic nitrogens is 3. The zero-order valence-corrected chi connectivity index (χ0v) is 12.9. The van der Waals surface area contributed by atoms with Crippen molar-refractivity contribution in [1.82, 2.24) is 14.8 Å². The Morgan fingerprint density at radius 1 is 1.29 bits per heavy atom. The molecule has 5 heteroatoms. The van der Waals surface area contributed by atoms with Crippen molar-refractivity contribution in [3.63, 3.8) is 0 Å². The van der Waals surface area contributed by atoms with Gasteiger partial charge >= 0.3 is 0 Å². The molecule has 1 fully saturated rings. The number of hydrogen-bond acceptors (Lipinski definition) is 4. The molecule has 5 nitrogen and oxygen atoms in total. The fraction of sp³-hybridized carbons (Fsp3) is 0.500. The van der Waals surface area contributed by atoms with Gasteiger partial charge in [-0.2, -0.15) is 5.10 Å². The zero-order valence-electron chi connectivity index (χ0n) is 12.9. The first-order chi connectivity index (χ1) is 9.99. The molecular weight excluding hydrogens is 266 g/mol. The first kappa shape index (κ1) is 14.1. The molecule has 2 aromatic rings. The number of nitrogens with zero attached hydrogens (tertiary/aromatic N) is 3. The molecule has 1 aliphatic rings. The molecule has 1 aromatic heterocycles. The highest BCUT2D eigenvalue weighted by Crippen LogP contribution is 2.57. The average Bonchev–Trinajstić information content (AvgIpc) is 2.99. The van der Waals surface area contributed by atoms with Gasteiger partial charge in [0.1, 0.15) is 24.0 Å². The van der Waals surface area contributed by atoms with Gasteiger partial charge in [0, 0.05) is 5.41 Å². The quantitative estimate of drug-likeness (QED) is 0.867. The average molecular weight is 287 g/mol. The Morgan fingerprint density at radius 3 is 2.48 bits per heavy atom. The van der Waals surface area contributed by atoms with E-state index in [4.69, 9.17) is 9.47 Å². The summed E-state index contributed by atoms with van der Waals surface area (Å²) >= 11 is 0. The van der Waals surface area contributed by atoms with Crippen LogP contribution >= 0.6 is 0 Å². The third-order valence-corrected chi connectivity index (χ3v) is 4.84. The summed E-state index contributed by atoms with van der Waals surface area (Å²) in [5.41, 5.74) is 0.752. The molecule has 0 aliphatic carbocycles. The molecule has 0 N–H and O–H groups in total. The summed E-state index contributed by atoms with van der Waals surface area (Å²) in [6, 6.07) is 8.09. The van der Waals surface area contributed by atoms with Crippen LogP contribution in [0, 0.1) is 5.41 Å². The van der Waals surface area contributed by atoms with E-state index in [0.29, 0.717) is 6.54 Å². The number of ether oxygens (including phenoxy) is 2. The van der Waals surface area contributed by atoms with E-state index >= 15 is 0 Å². The van der Waals surface area contributed by atoms with Gasteiger partial charge in [-0.3, -0.25) is 0 Å². The molecule has 0 spiro atoms. The number of hydrogen-bond donors (Lipinski definition) is 0. The van der Waals surface area contributed by atoms with E-state index in [1.807, 2.05) is 16.8 Å². The third kappa shape index (κ3) is 2.03. The summed E-state index contributed by atoms with van der Waals surface area (Å²) in [6.45, 7) is 7.24. The molecule has 21 heavy (non-hydrogen) atoms. The minimum absolute atomic E-state index is 0.00748. The molecule has 0 saturated carbocycles. The van der Waals surface area contributed by atoms with Crippen LogP contribution in [0.5, 0.6) is 5.75 Å². The van der Waals surface area contributed by atoms with Crippen LogP contribution in [0.3, 0.4) is 0 Å². The van der Waals surface area contributed by atoms with Gasteiger partial charge in [0.25, 0.3) is 0 Å². The SMILES string of the molecule is COc1ccc(C2(Cn3cncn3)OC(C)C2(C)C)cc1. The predicted octanol–water partition coefficient (Wildman–Crippen LogP) is 2.63. The molecule has 1 saturated heterocycles. The largest absolute Gasteiger partial charge is 0.497 e. The van der Waals surface area contributed by atoms with Crippen molar-refractivity contribution in [2.75, 3.05) is 7.11 Å². The van der Waals surface area contributed by atoms with Gasteiger partial charge < -0.3 is 9.47 Å². The summed E-state index contributed by atoms with van der Waals surface area (Å²) in [6.07, 6.45) is 3.48. The smallest absolute Gasteiger partial charge is 0.137 e. The molecule has 2 atom stereocenters. The van der Waals surface area contributed by atoms with Crippen molar-refractivity contribution in [2.24, 2.45) is 5.41 Å². The summed E-state index contributed by atoms with van der Waals surface area (Å²) in [4.78, 5) is 4.03. The maximum absolute atomic E-state index is 6.25. The van der Waals surface area contributed by atoms with Gasteiger partial charge in [-0.15, -0.1) is 0 Å². The Balaban J connectivity index is 2.00. The predicted molar refractivity (Wildman–Crippen MR) is 79.0 cm³/mol. The van der Waals surface area contributed by atoms with E-state index in [0.717, 1.165) is 11.3 Å². The lowest BCUT2D eigenvalue weighted by Gasteiger charge is -2.60. The van der Waals surface area contributed by atoms with Crippen LogP contribution in [0.1, 0.15) is 26.3 Å². The minimum atomic E-state index is -0.396. The lowest BCUT2D eigenvalue weighted by Crippen LogP contribution is -2.64. The lowest BCUT2D eigenvalue weighted by atomic mass is 9.62. The second kappa shape index (κ2) is 4.84. The summed E-state index contributed by atoms with van der Waals surface area (Å²) < 4.78 is 13.3. The fourth-order valence-corrected chi connectivity index (χ4v) is 3.05. The van der Waals surface area contributed by atoms with E-state index in [2.05, 4.69) is 43.0 Å². The number of rotatable bonds is 4. The van der Waals surface area contributed by atoms with Crippen LogP contribution in [0.15, 0.2) is 36.9 Å². The normalized spacial score (nSPS) is 27.1. The molecule has 2 unspecified atom stereocenters. The molecule has 1 aliphatic heterocycles. The molecule has 0 radical (unpaired) electrons. The Labute approximate surface area is 124 Å². The van der Waals surface area contributed by atoms with Crippen molar-refractivity contribution in [1.29, 1.82) is 0 Å². The van der Waals surface area contributed by atoms with Crippen molar-refractivity contribution in [3.05, 3.63) is 42.5 Å². The van der Waals surface area contributed by atoms with Crippen LogP contribution in [0.25, 0.3) is 0 Å². The van der Waals surface area contributed by atoms with Gasteiger partial charge in [-0.1, -0.05) is 26.0 Å². The van der Waals surface area contributed by atoms with E-state index in [1.165, 1.54) is 0 Å². The first-order valence-electron chi connectivity index (χ1n) is 7.14. The van der Waals surface area contributed by atoms with Gasteiger partial charge in [-0.05, 0) is 24.6 Å². The Hall–Kier alpha value is -1.88. The van der Waals surface area contributed by atoms with Crippen LogP contribution in [0.4, 0.5) is 0 Å². The maximum Gasteiger partial charge on any atom is 0.137 e. The zero-order chi connectivity index (χ0) is 15.1. The van der Waals surface area contributed by atoms with E-state index in [-0.39, 0.29) is 11.5 Å². The van der Waals surface area contributed by atoms with E-state index < -0.39 is 5.60 Å².